The number of amides is 1. The summed E-state index contributed by atoms with van der Waals surface area (Å²) in [5, 5.41) is 0.399. The van der Waals surface area contributed by atoms with Crippen LogP contribution in [0.5, 0.6) is 11.5 Å². The second-order valence-corrected chi connectivity index (χ2v) is 7.11. The van der Waals surface area contributed by atoms with Crippen molar-refractivity contribution in [3.05, 3.63) is 71.3 Å². The number of hydrogen-bond acceptors (Lipinski definition) is 5. The van der Waals surface area contributed by atoms with E-state index in [2.05, 4.69) is 14.7 Å². The maximum atomic E-state index is 13.1. The number of nitrogens with zero attached hydrogens (tertiary/aromatic N) is 3. The number of carbonyl (C=O) groups excluding carboxylic acids is 1. The van der Waals surface area contributed by atoms with E-state index in [1.807, 2.05) is 0 Å². The first-order valence-corrected chi connectivity index (χ1v) is 9.55. The lowest BCUT2D eigenvalue weighted by Crippen LogP contribution is -2.32. The number of benzene rings is 2. The molecule has 0 N–H and O–H groups in total. The summed E-state index contributed by atoms with van der Waals surface area (Å²) in [6.45, 7) is 0.833. The molecule has 0 fully saturated rings. The maximum Gasteiger partial charge on any atom is 0.573 e. The van der Waals surface area contributed by atoms with Gasteiger partial charge in [0.2, 0.25) is 0 Å². The van der Waals surface area contributed by atoms with Gasteiger partial charge >= 0.3 is 6.36 Å². The van der Waals surface area contributed by atoms with E-state index in [1.54, 1.807) is 23.1 Å². The minimum Gasteiger partial charge on any atom is -0.491 e. The first-order chi connectivity index (χ1) is 14.8. The molecular weight excluding hydrogens is 435 g/mol. The summed E-state index contributed by atoms with van der Waals surface area (Å²) in [5.41, 5.74) is 1.63. The molecule has 1 amide bonds. The van der Waals surface area contributed by atoms with Crippen molar-refractivity contribution in [1.82, 2.24) is 14.9 Å². The Kier molecular flexibility index (Phi) is 5.69. The van der Waals surface area contributed by atoms with Crippen molar-refractivity contribution in [3.63, 3.8) is 0 Å². The quantitative estimate of drug-likeness (QED) is 0.576. The molecule has 6 nitrogen and oxygen atoms in total. The second-order valence-electron chi connectivity index (χ2n) is 6.68. The summed E-state index contributed by atoms with van der Waals surface area (Å²) < 4.78 is 46.7. The summed E-state index contributed by atoms with van der Waals surface area (Å²) in [5.74, 6) is 0.299. The highest BCUT2D eigenvalue weighted by atomic mass is 35.5. The number of carbonyl (C=O) groups is 1. The molecule has 0 saturated carbocycles. The number of rotatable bonds is 4. The van der Waals surface area contributed by atoms with E-state index in [9.17, 15) is 18.0 Å². The summed E-state index contributed by atoms with van der Waals surface area (Å²) in [6.07, 6.45) is -1.84. The molecule has 3 aromatic rings. The molecule has 31 heavy (non-hydrogen) atoms. The molecule has 2 heterocycles. The third-order valence-corrected chi connectivity index (χ3v) is 4.74. The number of halogens is 4. The lowest BCUT2D eigenvalue weighted by molar-refractivity contribution is -0.274. The highest BCUT2D eigenvalue weighted by molar-refractivity contribution is 6.30. The zero-order valence-corrected chi connectivity index (χ0v) is 16.7. The van der Waals surface area contributed by atoms with Gasteiger partial charge in [-0.2, -0.15) is 0 Å². The SMILES string of the molecule is O=C1c2cc(-c3ccc(OC(F)(F)F)cc3)ccc2OCCN1Cc1ncc(Cl)cn1. The van der Waals surface area contributed by atoms with E-state index in [0.29, 0.717) is 46.4 Å². The predicted octanol–water partition coefficient (Wildman–Crippen LogP) is 4.73. The van der Waals surface area contributed by atoms with E-state index in [4.69, 9.17) is 16.3 Å². The van der Waals surface area contributed by atoms with Crippen molar-refractivity contribution in [1.29, 1.82) is 0 Å². The van der Waals surface area contributed by atoms with Gasteiger partial charge in [0.25, 0.3) is 5.91 Å². The second kappa shape index (κ2) is 8.43. The number of aromatic nitrogens is 2. The third-order valence-electron chi connectivity index (χ3n) is 4.54. The molecule has 0 unspecified atom stereocenters. The molecule has 0 spiro atoms. The van der Waals surface area contributed by atoms with Crippen molar-refractivity contribution in [2.75, 3.05) is 13.2 Å². The molecule has 10 heteroatoms. The van der Waals surface area contributed by atoms with Crippen molar-refractivity contribution < 1.29 is 27.4 Å². The van der Waals surface area contributed by atoms with Gasteiger partial charge in [-0.3, -0.25) is 4.79 Å². The molecule has 0 atom stereocenters. The van der Waals surface area contributed by atoms with Gasteiger partial charge in [-0.1, -0.05) is 29.8 Å². The molecule has 2 aromatic carbocycles. The molecule has 1 aromatic heterocycles. The number of hydrogen-bond donors (Lipinski definition) is 0. The van der Waals surface area contributed by atoms with Crippen LogP contribution in [0.3, 0.4) is 0 Å². The third kappa shape index (κ3) is 5.05. The topological polar surface area (TPSA) is 64.6 Å². The Balaban J connectivity index is 1.58. The Morgan fingerprint density at radius 1 is 1.06 bits per heavy atom. The average molecular weight is 450 g/mol. The van der Waals surface area contributed by atoms with Crippen LogP contribution in [0, 0.1) is 0 Å². The van der Waals surface area contributed by atoms with Crippen LogP contribution in [0.15, 0.2) is 54.9 Å². The zero-order valence-electron chi connectivity index (χ0n) is 15.9. The van der Waals surface area contributed by atoms with Crippen molar-refractivity contribution in [2.24, 2.45) is 0 Å². The van der Waals surface area contributed by atoms with Crippen molar-refractivity contribution in [2.45, 2.75) is 12.9 Å². The predicted molar refractivity (Wildman–Crippen MR) is 106 cm³/mol. The first-order valence-electron chi connectivity index (χ1n) is 9.17. The molecule has 0 radical (unpaired) electrons. The van der Waals surface area contributed by atoms with Gasteiger partial charge in [0, 0.05) is 12.4 Å². The molecule has 0 bridgehead atoms. The molecule has 1 aliphatic heterocycles. The van der Waals surface area contributed by atoms with E-state index in [-0.39, 0.29) is 18.2 Å². The van der Waals surface area contributed by atoms with E-state index in [1.165, 1.54) is 36.7 Å². The molecule has 0 saturated heterocycles. The minimum atomic E-state index is -4.76. The lowest BCUT2D eigenvalue weighted by Gasteiger charge is -2.19. The van der Waals surface area contributed by atoms with Gasteiger partial charge in [0.05, 0.1) is 23.7 Å². The number of alkyl halides is 3. The summed E-state index contributed by atoms with van der Waals surface area (Å²) in [6, 6.07) is 10.5. The minimum absolute atomic E-state index is 0.187. The fourth-order valence-corrected chi connectivity index (χ4v) is 3.23. The molecule has 0 aliphatic carbocycles. The summed E-state index contributed by atoms with van der Waals surface area (Å²) in [4.78, 5) is 22.9. The molecule has 1 aliphatic rings. The van der Waals surface area contributed by atoms with Crippen LogP contribution in [0.2, 0.25) is 5.02 Å². The van der Waals surface area contributed by atoms with Crippen molar-refractivity contribution in [3.8, 4) is 22.6 Å². The van der Waals surface area contributed by atoms with Gasteiger partial charge in [-0.05, 0) is 35.4 Å². The maximum absolute atomic E-state index is 13.1. The molecular formula is C21H15ClF3N3O3. The largest absolute Gasteiger partial charge is 0.573 e. The monoisotopic (exact) mass is 449 g/mol. The summed E-state index contributed by atoms with van der Waals surface area (Å²) >= 11 is 5.80. The Labute approximate surface area is 180 Å². The van der Waals surface area contributed by atoms with Crippen LogP contribution in [0.4, 0.5) is 13.2 Å². The average Bonchev–Trinajstić information content (AvgIpc) is 2.88. The zero-order chi connectivity index (χ0) is 22.0. The van der Waals surface area contributed by atoms with E-state index >= 15 is 0 Å². The normalized spacial score (nSPS) is 13.9. The Bertz CT molecular complexity index is 1090. The number of fused-ring (bicyclic) bond motifs is 1. The lowest BCUT2D eigenvalue weighted by atomic mass is 10.0. The van der Waals surface area contributed by atoms with Crippen LogP contribution in [-0.4, -0.2) is 40.3 Å². The van der Waals surface area contributed by atoms with Crippen LogP contribution in [0.25, 0.3) is 11.1 Å². The molecule has 4 rings (SSSR count). The Hall–Kier alpha value is -3.33. The van der Waals surface area contributed by atoms with Gasteiger partial charge < -0.3 is 14.4 Å². The van der Waals surface area contributed by atoms with Crippen LogP contribution in [0.1, 0.15) is 16.2 Å². The van der Waals surface area contributed by atoms with Crippen molar-refractivity contribution >= 4 is 17.5 Å². The van der Waals surface area contributed by atoms with Crippen LogP contribution in [-0.2, 0) is 6.54 Å². The van der Waals surface area contributed by atoms with Gasteiger partial charge in [0.1, 0.15) is 23.9 Å². The van der Waals surface area contributed by atoms with E-state index in [0.717, 1.165) is 0 Å². The molecule has 160 valence electrons. The summed E-state index contributed by atoms with van der Waals surface area (Å²) in [7, 11) is 0. The van der Waals surface area contributed by atoms with Gasteiger partial charge in [-0.15, -0.1) is 13.2 Å². The number of ether oxygens (including phenoxy) is 2. The first kappa shape index (κ1) is 20.9. The fraction of sp³-hybridized carbons (Fsp3) is 0.190. The van der Waals surface area contributed by atoms with Crippen LogP contribution >= 0.6 is 11.6 Å². The highest BCUT2D eigenvalue weighted by Gasteiger charge is 2.31. The van der Waals surface area contributed by atoms with Crippen LogP contribution < -0.4 is 9.47 Å². The van der Waals surface area contributed by atoms with Gasteiger partial charge in [0.15, 0.2) is 0 Å². The Morgan fingerprint density at radius 2 is 1.74 bits per heavy atom. The Morgan fingerprint density at radius 3 is 2.42 bits per heavy atom. The fourth-order valence-electron chi connectivity index (χ4n) is 3.13. The van der Waals surface area contributed by atoms with E-state index < -0.39 is 6.36 Å². The standard InChI is InChI=1S/C21H15ClF3N3O3/c22-15-10-26-19(27-11-15)12-28-7-8-30-18-6-3-14(9-17(18)20(28)29)13-1-4-16(5-2-13)31-21(23,24)25/h1-6,9-11H,7-8,12H2. The smallest absolute Gasteiger partial charge is 0.491 e. The highest BCUT2D eigenvalue weighted by Crippen LogP contribution is 2.31. The van der Waals surface area contributed by atoms with Gasteiger partial charge in [-0.25, -0.2) is 9.97 Å².